The zero-order valence-electron chi connectivity index (χ0n) is 9.98. The summed E-state index contributed by atoms with van der Waals surface area (Å²) in [4.78, 5) is 23.7. The molecule has 1 fully saturated rings. The molecule has 0 unspecified atom stereocenters. The maximum Gasteiger partial charge on any atom is 0.261 e. The monoisotopic (exact) mass is 268 g/mol. The number of ether oxygens (including phenoxy) is 1. The molecule has 1 aromatic heterocycles. The summed E-state index contributed by atoms with van der Waals surface area (Å²) in [7, 11) is 0. The molecule has 18 heavy (non-hydrogen) atoms. The van der Waals surface area contributed by atoms with E-state index < -0.39 is 0 Å². The van der Waals surface area contributed by atoms with Gasteiger partial charge in [-0.25, -0.2) is 0 Å². The summed E-state index contributed by atoms with van der Waals surface area (Å²) in [6.07, 6.45) is 1.08. The highest BCUT2D eigenvalue weighted by molar-refractivity contribution is 7.12. The Labute approximate surface area is 110 Å². The van der Waals surface area contributed by atoms with Crippen molar-refractivity contribution in [1.29, 1.82) is 0 Å². The molecule has 2 amide bonds. The predicted octanol–water partition coefficient (Wildman–Crippen LogP) is 0.773. The van der Waals surface area contributed by atoms with Crippen LogP contribution in [0.15, 0.2) is 17.5 Å². The summed E-state index contributed by atoms with van der Waals surface area (Å²) in [6, 6.07) is 3.80. The minimum absolute atomic E-state index is 0.0219. The molecule has 1 aromatic rings. The third kappa shape index (κ3) is 3.82. The van der Waals surface area contributed by atoms with Gasteiger partial charge in [-0.2, -0.15) is 0 Å². The van der Waals surface area contributed by atoms with Gasteiger partial charge >= 0.3 is 0 Å². The second-order valence-electron chi connectivity index (χ2n) is 4.14. The Balaban J connectivity index is 1.55. The fourth-order valence-electron chi connectivity index (χ4n) is 1.56. The molecule has 1 saturated heterocycles. The van der Waals surface area contributed by atoms with E-state index >= 15 is 0 Å². The van der Waals surface area contributed by atoms with Crippen LogP contribution in [0.4, 0.5) is 0 Å². The van der Waals surface area contributed by atoms with E-state index in [-0.39, 0.29) is 17.9 Å². The van der Waals surface area contributed by atoms with Gasteiger partial charge in [-0.1, -0.05) is 6.07 Å². The largest absolute Gasteiger partial charge is 0.377 e. The first-order valence-corrected chi connectivity index (χ1v) is 6.82. The molecule has 0 aromatic carbocycles. The van der Waals surface area contributed by atoms with Crippen LogP contribution in [0.3, 0.4) is 0 Å². The summed E-state index contributed by atoms with van der Waals surface area (Å²) >= 11 is 1.41. The van der Waals surface area contributed by atoms with Gasteiger partial charge in [-0.15, -0.1) is 11.3 Å². The Morgan fingerprint density at radius 2 is 2.28 bits per heavy atom. The fourth-order valence-corrected chi connectivity index (χ4v) is 2.20. The summed E-state index contributed by atoms with van der Waals surface area (Å²) in [5.74, 6) is -0.0496. The zero-order chi connectivity index (χ0) is 12.8. The molecule has 1 aliphatic heterocycles. The molecule has 2 rings (SSSR count). The Morgan fingerprint density at radius 3 is 2.89 bits per heavy atom. The van der Waals surface area contributed by atoms with E-state index in [2.05, 4.69) is 10.6 Å². The number of carbonyl (C=O) groups is 2. The molecule has 6 heteroatoms. The average molecular weight is 268 g/mol. The van der Waals surface area contributed by atoms with Crippen molar-refractivity contribution >= 4 is 23.2 Å². The van der Waals surface area contributed by atoms with Crippen LogP contribution in [0.5, 0.6) is 0 Å². The van der Waals surface area contributed by atoms with Crippen molar-refractivity contribution in [2.75, 3.05) is 19.8 Å². The molecule has 5 nitrogen and oxygen atoms in total. The van der Waals surface area contributed by atoms with E-state index in [1.807, 2.05) is 11.4 Å². The topological polar surface area (TPSA) is 67.4 Å². The van der Waals surface area contributed by atoms with Gasteiger partial charge in [0, 0.05) is 13.0 Å². The normalized spacial score (nSPS) is 14.9. The second kappa shape index (κ2) is 6.51. The smallest absolute Gasteiger partial charge is 0.261 e. The summed E-state index contributed by atoms with van der Waals surface area (Å²) in [5, 5.41) is 7.51. The summed E-state index contributed by atoms with van der Waals surface area (Å²) in [5.41, 5.74) is 0. The first-order chi connectivity index (χ1) is 8.75. The highest BCUT2D eigenvalue weighted by Crippen LogP contribution is 2.07. The molecule has 0 bridgehead atoms. The molecular formula is C12H16N2O3S. The predicted molar refractivity (Wildman–Crippen MR) is 68.6 cm³/mol. The molecule has 0 radical (unpaired) electrons. The standard InChI is InChI=1S/C12H16N2O3S/c15-11(14-9-7-17-8-9)4-1-5-13-12(16)10-3-2-6-18-10/h2-3,6,9H,1,4-5,7-8H2,(H,13,16)(H,14,15). The lowest BCUT2D eigenvalue weighted by Crippen LogP contribution is -2.48. The maximum atomic E-state index is 11.6. The summed E-state index contributed by atoms with van der Waals surface area (Å²) < 4.78 is 4.96. The van der Waals surface area contributed by atoms with Crippen molar-refractivity contribution in [3.05, 3.63) is 22.4 Å². The van der Waals surface area contributed by atoms with Crippen molar-refractivity contribution in [1.82, 2.24) is 10.6 Å². The van der Waals surface area contributed by atoms with Crippen LogP contribution in [-0.2, 0) is 9.53 Å². The Kier molecular flexibility index (Phi) is 4.72. The highest BCUT2D eigenvalue weighted by Gasteiger charge is 2.19. The fraction of sp³-hybridized carbons (Fsp3) is 0.500. The Hall–Kier alpha value is -1.40. The lowest BCUT2D eigenvalue weighted by molar-refractivity contribution is -0.125. The van der Waals surface area contributed by atoms with Gasteiger partial charge in [0.2, 0.25) is 5.91 Å². The van der Waals surface area contributed by atoms with Crippen molar-refractivity contribution in [2.24, 2.45) is 0 Å². The van der Waals surface area contributed by atoms with Crippen molar-refractivity contribution < 1.29 is 14.3 Å². The molecule has 2 N–H and O–H groups in total. The molecule has 1 aliphatic rings. The highest BCUT2D eigenvalue weighted by atomic mass is 32.1. The first kappa shape index (κ1) is 13.0. The third-order valence-electron chi connectivity index (χ3n) is 2.61. The quantitative estimate of drug-likeness (QED) is 0.749. The number of thiophene rings is 1. The van der Waals surface area contributed by atoms with E-state index in [0.717, 1.165) is 0 Å². The average Bonchev–Trinajstić information content (AvgIpc) is 2.83. The molecule has 0 saturated carbocycles. The number of rotatable bonds is 6. The number of carbonyl (C=O) groups excluding carboxylic acids is 2. The van der Waals surface area contributed by atoms with Crippen molar-refractivity contribution in [3.8, 4) is 0 Å². The van der Waals surface area contributed by atoms with Crippen LogP contribution >= 0.6 is 11.3 Å². The lowest BCUT2D eigenvalue weighted by Gasteiger charge is -2.26. The van der Waals surface area contributed by atoms with Crippen LogP contribution in [-0.4, -0.2) is 37.6 Å². The molecule has 0 spiro atoms. The molecule has 0 aliphatic carbocycles. The van der Waals surface area contributed by atoms with Gasteiger partial charge in [0.25, 0.3) is 5.91 Å². The van der Waals surface area contributed by atoms with E-state index in [1.165, 1.54) is 11.3 Å². The number of hydrogen-bond acceptors (Lipinski definition) is 4. The zero-order valence-corrected chi connectivity index (χ0v) is 10.8. The van der Waals surface area contributed by atoms with Crippen molar-refractivity contribution in [2.45, 2.75) is 18.9 Å². The van der Waals surface area contributed by atoms with E-state index in [4.69, 9.17) is 4.74 Å². The van der Waals surface area contributed by atoms with Crippen LogP contribution in [0, 0.1) is 0 Å². The summed E-state index contributed by atoms with van der Waals surface area (Å²) in [6.45, 7) is 1.74. The van der Waals surface area contributed by atoms with Crippen LogP contribution in [0.2, 0.25) is 0 Å². The van der Waals surface area contributed by atoms with Crippen LogP contribution in [0.1, 0.15) is 22.5 Å². The number of nitrogens with one attached hydrogen (secondary N) is 2. The SMILES string of the molecule is O=C(CCCNC(=O)c1cccs1)NC1COC1. The Bertz CT molecular complexity index is 401. The number of amides is 2. The van der Waals surface area contributed by atoms with Gasteiger partial charge in [0.1, 0.15) is 0 Å². The van der Waals surface area contributed by atoms with Gasteiger partial charge in [-0.3, -0.25) is 9.59 Å². The van der Waals surface area contributed by atoms with E-state index in [0.29, 0.717) is 37.5 Å². The second-order valence-corrected chi connectivity index (χ2v) is 5.09. The maximum absolute atomic E-state index is 11.6. The van der Waals surface area contributed by atoms with Gasteiger partial charge < -0.3 is 15.4 Å². The lowest BCUT2D eigenvalue weighted by atomic mass is 10.2. The molecule has 0 atom stereocenters. The Morgan fingerprint density at radius 1 is 1.44 bits per heavy atom. The molecular weight excluding hydrogens is 252 g/mol. The minimum atomic E-state index is -0.0715. The third-order valence-corrected chi connectivity index (χ3v) is 3.48. The van der Waals surface area contributed by atoms with Crippen LogP contribution < -0.4 is 10.6 Å². The minimum Gasteiger partial charge on any atom is -0.377 e. The van der Waals surface area contributed by atoms with E-state index in [1.54, 1.807) is 6.07 Å². The first-order valence-electron chi connectivity index (χ1n) is 5.94. The van der Waals surface area contributed by atoms with Gasteiger partial charge in [0.15, 0.2) is 0 Å². The van der Waals surface area contributed by atoms with Crippen molar-refractivity contribution in [3.63, 3.8) is 0 Å². The molecule has 2 heterocycles. The van der Waals surface area contributed by atoms with Gasteiger partial charge in [0.05, 0.1) is 24.1 Å². The molecule has 98 valence electrons. The van der Waals surface area contributed by atoms with E-state index in [9.17, 15) is 9.59 Å². The van der Waals surface area contributed by atoms with Gasteiger partial charge in [-0.05, 0) is 17.9 Å². The van der Waals surface area contributed by atoms with Crippen LogP contribution in [0.25, 0.3) is 0 Å². The number of hydrogen-bond donors (Lipinski definition) is 2.